The number of amides is 3. The Morgan fingerprint density at radius 1 is 0.975 bits per heavy atom. The van der Waals surface area contributed by atoms with Crippen LogP contribution in [0.15, 0.2) is 30.5 Å². The van der Waals surface area contributed by atoms with Crippen LogP contribution >= 0.6 is 11.7 Å². The maximum absolute atomic E-state index is 13.1. The van der Waals surface area contributed by atoms with Crippen LogP contribution in [0, 0.1) is 0 Å². The van der Waals surface area contributed by atoms with Crippen LogP contribution in [0.1, 0.15) is 16.8 Å². The Morgan fingerprint density at radius 2 is 1.62 bits per heavy atom. The van der Waals surface area contributed by atoms with E-state index in [0.717, 1.165) is 11.7 Å². The summed E-state index contributed by atoms with van der Waals surface area (Å²) in [6.45, 7) is 0.486. The third kappa shape index (κ3) is 7.16. The predicted molar refractivity (Wildman–Crippen MR) is 127 cm³/mol. The first-order chi connectivity index (χ1) is 18.8. The first kappa shape index (κ1) is 28.6. The van der Waals surface area contributed by atoms with Gasteiger partial charge in [0.2, 0.25) is 11.8 Å². The summed E-state index contributed by atoms with van der Waals surface area (Å²) in [6, 6.07) is 1.49. The number of benzene rings is 1. The minimum atomic E-state index is -5.04. The third-order valence-corrected chi connectivity index (χ3v) is 5.94. The molecule has 3 N–H and O–H groups in total. The third-order valence-electron chi connectivity index (χ3n) is 5.44. The van der Waals surface area contributed by atoms with Crippen molar-refractivity contribution in [3.63, 3.8) is 0 Å². The second-order valence-corrected chi connectivity index (χ2v) is 8.71. The van der Waals surface area contributed by atoms with Gasteiger partial charge in [-0.15, -0.1) is 4.37 Å². The summed E-state index contributed by atoms with van der Waals surface area (Å²) in [7, 11) is 0. The zero-order chi connectivity index (χ0) is 29.1. The molecule has 1 saturated heterocycles. The second-order valence-electron chi connectivity index (χ2n) is 8.18. The molecule has 0 atom stereocenters. The highest BCUT2D eigenvalue weighted by Crippen LogP contribution is 2.37. The van der Waals surface area contributed by atoms with E-state index in [2.05, 4.69) is 24.0 Å². The number of ether oxygens (including phenoxy) is 1. The number of rotatable bonds is 6. The van der Waals surface area contributed by atoms with Gasteiger partial charge in [0.25, 0.3) is 5.88 Å². The Bertz CT molecular complexity index is 1350. The minimum absolute atomic E-state index is 0.0213. The van der Waals surface area contributed by atoms with Crippen molar-refractivity contribution in [2.45, 2.75) is 19.0 Å². The molecule has 1 aromatic carbocycles. The molecule has 12 nitrogen and oxygen atoms in total. The summed E-state index contributed by atoms with van der Waals surface area (Å²) in [5, 5.41) is 12.9. The molecule has 0 unspecified atom stereocenters. The van der Waals surface area contributed by atoms with E-state index in [-0.39, 0.29) is 50.7 Å². The Labute approximate surface area is 224 Å². The molecule has 0 saturated carbocycles. The Morgan fingerprint density at radius 3 is 2.23 bits per heavy atom. The lowest BCUT2D eigenvalue weighted by atomic mass is 10.1. The molecule has 0 bridgehead atoms. The van der Waals surface area contributed by atoms with Crippen LogP contribution in [0.5, 0.6) is 5.88 Å². The van der Waals surface area contributed by atoms with Gasteiger partial charge < -0.3 is 25.0 Å². The summed E-state index contributed by atoms with van der Waals surface area (Å²) >= 11 is 0.856. The number of piperazine rings is 1. The molecule has 4 rings (SSSR count). The number of carboxylic acid groups (broad SMARTS) is 1. The fraction of sp³-hybridized carbons (Fsp3) is 0.333. The number of aromatic nitrogens is 4. The normalized spacial score (nSPS) is 14.2. The fourth-order valence-electron chi connectivity index (χ4n) is 3.59. The maximum Gasteiger partial charge on any atom is 0.416 e. The summed E-state index contributed by atoms with van der Waals surface area (Å²) in [6.07, 6.45) is -10.1. The van der Waals surface area contributed by atoms with Crippen molar-refractivity contribution in [2.75, 3.05) is 41.7 Å². The largest absolute Gasteiger partial charge is 0.468 e. The molecule has 2 aromatic heterocycles. The highest BCUT2D eigenvalue weighted by atomic mass is 32.1. The molecule has 1 fully saturated rings. The molecule has 3 amide bonds. The van der Waals surface area contributed by atoms with Gasteiger partial charge in [-0.2, -0.15) is 30.7 Å². The highest BCUT2D eigenvalue weighted by molar-refractivity contribution is 6.99. The van der Waals surface area contributed by atoms with Gasteiger partial charge in [0.15, 0.2) is 0 Å². The number of hydrogen-bond acceptors (Lipinski definition) is 9. The van der Waals surface area contributed by atoms with Gasteiger partial charge in [0, 0.05) is 38.1 Å². The number of nitrogens with one attached hydrogen (secondary N) is 2. The van der Waals surface area contributed by atoms with Crippen LogP contribution in [0.2, 0.25) is 0 Å². The topological polar surface area (TPSA) is 146 Å². The standard InChI is InChI=1S/C21H18F6N8O4S/c22-20(23,24)11-7-12(21(25,26)27)9-14(8-11)30-18(36)35-5-3-34(4-6-35)15-16(33-40-32-15)39-10-13-1-2-28-17(29-13)31-19(37)38/h1-2,7-9H,3-6,10H2,(H,30,36)(H,37,38)(H,28,29,31). The highest BCUT2D eigenvalue weighted by Gasteiger charge is 2.37. The molecule has 3 heterocycles. The minimum Gasteiger partial charge on any atom is -0.468 e. The SMILES string of the molecule is O=C(O)Nc1nccc(COc2nsnc2N2CCN(C(=O)Nc3cc(C(F)(F)F)cc(C(F)(F)F)c3)CC2)n1. The molecule has 1 aliphatic heterocycles. The van der Waals surface area contributed by atoms with Crippen LogP contribution in [-0.4, -0.2) is 67.0 Å². The van der Waals surface area contributed by atoms with Gasteiger partial charge in [0.1, 0.15) is 6.61 Å². The lowest BCUT2D eigenvalue weighted by Crippen LogP contribution is -2.50. The van der Waals surface area contributed by atoms with Crippen LogP contribution in [0.3, 0.4) is 0 Å². The second kappa shape index (κ2) is 11.4. The molecular formula is C21H18F6N8O4S. The lowest BCUT2D eigenvalue weighted by molar-refractivity contribution is -0.143. The summed E-state index contributed by atoms with van der Waals surface area (Å²) < 4.78 is 92.6. The van der Waals surface area contributed by atoms with E-state index >= 15 is 0 Å². The molecule has 40 heavy (non-hydrogen) atoms. The molecule has 214 valence electrons. The molecule has 0 spiro atoms. The lowest BCUT2D eigenvalue weighted by Gasteiger charge is -2.34. The zero-order valence-electron chi connectivity index (χ0n) is 20.0. The number of halogens is 6. The van der Waals surface area contributed by atoms with Crippen LogP contribution in [-0.2, 0) is 19.0 Å². The van der Waals surface area contributed by atoms with Gasteiger partial charge in [-0.1, -0.05) is 0 Å². The Kier molecular flexibility index (Phi) is 8.12. The van der Waals surface area contributed by atoms with Crippen LogP contribution in [0.25, 0.3) is 0 Å². The summed E-state index contributed by atoms with van der Waals surface area (Å²) in [5.74, 6) is 0.369. The van der Waals surface area contributed by atoms with E-state index in [1.807, 2.05) is 5.32 Å². The van der Waals surface area contributed by atoms with E-state index in [1.54, 1.807) is 4.90 Å². The molecule has 3 aromatic rings. The van der Waals surface area contributed by atoms with Crippen molar-refractivity contribution in [1.82, 2.24) is 23.6 Å². The van der Waals surface area contributed by atoms with E-state index in [9.17, 15) is 35.9 Å². The maximum atomic E-state index is 13.1. The molecule has 0 aliphatic carbocycles. The van der Waals surface area contributed by atoms with Crippen molar-refractivity contribution in [3.05, 3.63) is 47.3 Å². The van der Waals surface area contributed by atoms with Crippen LogP contribution in [0.4, 0.5) is 53.4 Å². The van der Waals surface area contributed by atoms with E-state index in [0.29, 0.717) is 23.6 Å². The van der Waals surface area contributed by atoms with Gasteiger partial charge >= 0.3 is 24.5 Å². The molecular weight excluding hydrogens is 574 g/mol. The van der Waals surface area contributed by atoms with Crippen molar-refractivity contribution in [3.8, 4) is 5.88 Å². The van der Waals surface area contributed by atoms with E-state index in [4.69, 9.17) is 9.84 Å². The molecule has 0 radical (unpaired) electrons. The van der Waals surface area contributed by atoms with Gasteiger partial charge in [-0.25, -0.2) is 19.6 Å². The van der Waals surface area contributed by atoms with Crippen molar-refractivity contribution in [1.29, 1.82) is 0 Å². The predicted octanol–water partition coefficient (Wildman–Crippen LogP) is 4.39. The van der Waals surface area contributed by atoms with Gasteiger partial charge in [-0.3, -0.25) is 5.32 Å². The number of anilines is 3. The van der Waals surface area contributed by atoms with E-state index < -0.39 is 41.3 Å². The van der Waals surface area contributed by atoms with Crippen LogP contribution < -0.4 is 20.3 Å². The summed E-state index contributed by atoms with van der Waals surface area (Å²) in [4.78, 5) is 34.1. The van der Waals surface area contributed by atoms with E-state index in [1.165, 1.54) is 17.2 Å². The number of hydrogen-bond donors (Lipinski definition) is 3. The first-order valence-corrected chi connectivity index (χ1v) is 11.9. The number of urea groups is 1. The van der Waals surface area contributed by atoms with Crippen molar-refractivity contribution < 1.29 is 45.8 Å². The Hall–Kier alpha value is -4.42. The molecule has 1 aliphatic rings. The quantitative estimate of drug-likeness (QED) is 0.355. The fourth-order valence-corrected chi connectivity index (χ4v) is 4.11. The average molecular weight is 592 g/mol. The number of carbonyl (C=O) groups is 2. The molecule has 19 heteroatoms. The number of alkyl halides is 6. The average Bonchev–Trinajstić information content (AvgIpc) is 3.35. The smallest absolute Gasteiger partial charge is 0.416 e. The van der Waals surface area contributed by atoms with Gasteiger partial charge in [0.05, 0.1) is 28.5 Å². The van der Waals surface area contributed by atoms with Crippen molar-refractivity contribution in [2.24, 2.45) is 0 Å². The summed E-state index contributed by atoms with van der Waals surface area (Å²) in [5.41, 5.74) is -3.37. The number of carbonyl (C=O) groups excluding carboxylic acids is 1. The first-order valence-electron chi connectivity index (χ1n) is 11.2. The Balaban J connectivity index is 1.36. The van der Waals surface area contributed by atoms with Crippen molar-refractivity contribution >= 4 is 41.3 Å². The van der Waals surface area contributed by atoms with Gasteiger partial charge in [-0.05, 0) is 24.3 Å². The zero-order valence-corrected chi connectivity index (χ0v) is 20.8. The number of nitrogens with zero attached hydrogens (tertiary/aromatic N) is 6. The monoisotopic (exact) mass is 592 g/mol.